The molecule has 0 saturated carbocycles. The normalized spacial score (nSPS) is 18.1. The summed E-state index contributed by atoms with van der Waals surface area (Å²) in [5.41, 5.74) is 1.86. The third kappa shape index (κ3) is 2.78. The third-order valence-electron chi connectivity index (χ3n) is 4.43. The minimum Gasteiger partial charge on any atom is -0.356 e. The van der Waals surface area contributed by atoms with Gasteiger partial charge in [0.05, 0.1) is 6.04 Å². The number of aryl methyl sites for hydroxylation is 1. The van der Waals surface area contributed by atoms with Crippen LogP contribution >= 0.6 is 11.6 Å². The Labute approximate surface area is 145 Å². The summed E-state index contributed by atoms with van der Waals surface area (Å²) in [7, 11) is 1.96. The van der Waals surface area contributed by atoms with Gasteiger partial charge in [-0.25, -0.2) is 0 Å². The SMILES string of the molecule is Cn1cnnc1N1CCCCC1c1cc(-c2cccc(Cl)c2)on1. The Kier molecular flexibility index (Phi) is 3.98. The van der Waals surface area contributed by atoms with Gasteiger partial charge in [0.15, 0.2) is 5.76 Å². The molecule has 0 N–H and O–H groups in total. The van der Waals surface area contributed by atoms with Crippen LogP contribution in [0.1, 0.15) is 31.0 Å². The largest absolute Gasteiger partial charge is 0.356 e. The van der Waals surface area contributed by atoms with Crippen molar-refractivity contribution < 1.29 is 4.52 Å². The number of aromatic nitrogens is 4. The van der Waals surface area contributed by atoms with Crippen molar-refractivity contribution in [3.63, 3.8) is 0 Å². The lowest BCUT2D eigenvalue weighted by Gasteiger charge is -2.34. The molecular formula is C17H18ClN5O. The van der Waals surface area contributed by atoms with Crippen LogP contribution in [0.3, 0.4) is 0 Å². The summed E-state index contributed by atoms with van der Waals surface area (Å²) in [6, 6.07) is 9.76. The molecule has 0 radical (unpaired) electrons. The molecule has 0 aliphatic carbocycles. The first-order chi connectivity index (χ1) is 11.7. The second-order valence-corrected chi connectivity index (χ2v) is 6.51. The number of rotatable bonds is 3. The zero-order valence-corrected chi connectivity index (χ0v) is 14.1. The number of benzene rings is 1. The molecule has 3 heterocycles. The highest BCUT2D eigenvalue weighted by Crippen LogP contribution is 2.35. The standard InChI is InChI=1S/C17H18ClN5O/c1-22-11-19-20-17(22)23-8-3-2-7-15(23)14-10-16(24-21-14)12-5-4-6-13(18)9-12/h4-6,9-11,15H,2-3,7-8H2,1H3. The van der Waals surface area contributed by atoms with Crippen molar-refractivity contribution in [2.75, 3.05) is 11.4 Å². The number of hydrogen-bond donors (Lipinski definition) is 0. The third-order valence-corrected chi connectivity index (χ3v) is 4.66. The van der Waals surface area contributed by atoms with Crippen LogP contribution in [0.5, 0.6) is 0 Å². The van der Waals surface area contributed by atoms with Crippen LogP contribution in [-0.4, -0.2) is 26.5 Å². The van der Waals surface area contributed by atoms with Gasteiger partial charge in [0.25, 0.3) is 0 Å². The van der Waals surface area contributed by atoms with E-state index < -0.39 is 0 Å². The summed E-state index contributed by atoms with van der Waals surface area (Å²) in [6.07, 6.45) is 5.05. The summed E-state index contributed by atoms with van der Waals surface area (Å²) in [5.74, 6) is 1.60. The summed E-state index contributed by atoms with van der Waals surface area (Å²) < 4.78 is 7.52. The van der Waals surface area contributed by atoms with Crippen molar-refractivity contribution in [2.24, 2.45) is 7.05 Å². The molecule has 1 aliphatic rings. The van der Waals surface area contributed by atoms with E-state index in [2.05, 4.69) is 20.3 Å². The number of hydrogen-bond acceptors (Lipinski definition) is 5. The highest BCUT2D eigenvalue weighted by atomic mass is 35.5. The molecule has 0 bridgehead atoms. The molecule has 7 heteroatoms. The molecule has 6 nitrogen and oxygen atoms in total. The zero-order chi connectivity index (χ0) is 16.5. The van der Waals surface area contributed by atoms with Crippen LogP contribution in [0.25, 0.3) is 11.3 Å². The number of anilines is 1. The molecule has 124 valence electrons. The van der Waals surface area contributed by atoms with E-state index in [1.807, 2.05) is 41.9 Å². The lowest BCUT2D eigenvalue weighted by Crippen LogP contribution is -2.35. The minimum absolute atomic E-state index is 0.151. The Hall–Kier alpha value is -2.34. The predicted molar refractivity (Wildman–Crippen MR) is 91.9 cm³/mol. The topological polar surface area (TPSA) is 60.0 Å². The number of piperidine rings is 1. The van der Waals surface area contributed by atoms with Gasteiger partial charge in [-0.2, -0.15) is 0 Å². The fraction of sp³-hybridized carbons (Fsp3) is 0.353. The lowest BCUT2D eigenvalue weighted by atomic mass is 9.99. The smallest absolute Gasteiger partial charge is 0.227 e. The van der Waals surface area contributed by atoms with Gasteiger partial charge < -0.3 is 14.0 Å². The van der Waals surface area contributed by atoms with Crippen LogP contribution in [0.15, 0.2) is 41.2 Å². The van der Waals surface area contributed by atoms with E-state index in [0.717, 1.165) is 42.4 Å². The van der Waals surface area contributed by atoms with Crippen LogP contribution in [-0.2, 0) is 7.05 Å². The Morgan fingerprint density at radius 3 is 2.96 bits per heavy atom. The molecule has 24 heavy (non-hydrogen) atoms. The van der Waals surface area contributed by atoms with E-state index in [9.17, 15) is 0 Å². The fourth-order valence-electron chi connectivity index (χ4n) is 3.24. The van der Waals surface area contributed by atoms with E-state index in [1.165, 1.54) is 6.42 Å². The molecule has 0 amide bonds. The van der Waals surface area contributed by atoms with E-state index in [0.29, 0.717) is 5.02 Å². The first-order valence-electron chi connectivity index (χ1n) is 8.05. The van der Waals surface area contributed by atoms with Crippen molar-refractivity contribution in [1.29, 1.82) is 0 Å². The van der Waals surface area contributed by atoms with Gasteiger partial charge in [0, 0.05) is 30.2 Å². The van der Waals surface area contributed by atoms with Crippen LogP contribution < -0.4 is 4.90 Å². The summed E-state index contributed by atoms with van der Waals surface area (Å²) >= 11 is 6.07. The van der Waals surface area contributed by atoms with Crippen LogP contribution in [0.2, 0.25) is 5.02 Å². The molecule has 4 rings (SSSR count). The highest BCUT2D eigenvalue weighted by Gasteiger charge is 2.29. The Morgan fingerprint density at radius 1 is 1.25 bits per heavy atom. The molecule has 3 aromatic rings. The maximum Gasteiger partial charge on any atom is 0.227 e. The maximum atomic E-state index is 6.07. The summed E-state index contributed by atoms with van der Waals surface area (Å²) in [5, 5.41) is 13.3. The molecule has 0 spiro atoms. The van der Waals surface area contributed by atoms with Crippen molar-refractivity contribution in [1.82, 2.24) is 19.9 Å². The zero-order valence-electron chi connectivity index (χ0n) is 13.4. The van der Waals surface area contributed by atoms with Gasteiger partial charge >= 0.3 is 0 Å². The number of halogens is 1. The van der Waals surface area contributed by atoms with Gasteiger partial charge in [-0.1, -0.05) is 28.9 Å². The molecule has 1 aliphatic heterocycles. The summed E-state index contributed by atoms with van der Waals surface area (Å²) in [4.78, 5) is 2.26. The molecule has 1 unspecified atom stereocenters. The highest BCUT2D eigenvalue weighted by molar-refractivity contribution is 6.30. The van der Waals surface area contributed by atoms with Gasteiger partial charge in [-0.3, -0.25) is 0 Å². The number of nitrogens with zero attached hydrogens (tertiary/aromatic N) is 5. The van der Waals surface area contributed by atoms with E-state index >= 15 is 0 Å². The average molecular weight is 344 g/mol. The monoisotopic (exact) mass is 343 g/mol. The predicted octanol–water partition coefficient (Wildman–Crippen LogP) is 3.86. The Morgan fingerprint density at radius 2 is 2.17 bits per heavy atom. The van der Waals surface area contributed by atoms with Gasteiger partial charge in [-0.15, -0.1) is 10.2 Å². The van der Waals surface area contributed by atoms with E-state index in [1.54, 1.807) is 6.33 Å². The quantitative estimate of drug-likeness (QED) is 0.722. The maximum absolute atomic E-state index is 6.07. The summed E-state index contributed by atoms with van der Waals surface area (Å²) in [6.45, 7) is 0.941. The second-order valence-electron chi connectivity index (χ2n) is 6.07. The minimum atomic E-state index is 0.151. The fourth-order valence-corrected chi connectivity index (χ4v) is 3.43. The lowest BCUT2D eigenvalue weighted by molar-refractivity contribution is 0.392. The second kappa shape index (κ2) is 6.28. The van der Waals surface area contributed by atoms with E-state index in [-0.39, 0.29) is 6.04 Å². The Bertz CT molecular complexity index is 843. The molecule has 1 atom stereocenters. The average Bonchev–Trinajstić information content (AvgIpc) is 3.24. The van der Waals surface area contributed by atoms with Gasteiger partial charge in [0.2, 0.25) is 5.95 Å². The van der Waals surface area contributed by atoms with Crippen molar-refractivity contribution in [3.05, 3.63) is 47.4 Å². The molecule has 1 fully saturated rings. The molecule has 2 aromatic heterocycles. The van der Waals surface area contributed by atoms with Crippen molar-refractivity contribution >= 4 is 17.5 Å². The molecular weight excluding hydrogens is 326 g/mol. The molecule has 1 aromatic carbocycles. The van der Waals surface area contributed by atoms with Gasteiger partial charge in [-0.05, 0) is 31.4 Å². The molecule has 1 saturated heterocycles. The van der Waals surface area contributed by atoms with E-state index in [4.69, 9.17) is 16.1 Å². The van der Waals surface area contributed by atoms with Crippen LogP contribution in [0.4, 0.5) is 5.95 Å². The van der Waals surface area contributed by atoms with Crippen molar-refractivity contribution in [3.8, 4) is 11.3 Å². The van der Waals surface area contributed by atoms with Crippen molar-refractivity contribution in [2.45, 2.75) is 25.3 Å². The first-order valence-corrected chi connectivity index (χ1v) is 8.43. The Balaban J connectivity index is 1.66. The van der Waals surface area contributed by atoms with Gasteiger partial charge in [0.1, 0.15) is 12.0 Å². The van der Waals surface area contributed by atoms with Crippen LogP contribution in [0, 0.1) is 0 Å². The first kappa shape index (κ1) is 15.2.